The Morgan fingerprint density at radius 2 is 1.06 bits per heavy atom. The van der Waals surface area contributed by atoms with Crippen LogP contribution in [-0.2, 0) is 38.4 Å². The lowest BCUT2D eigenvalue weighted by Crippen LogP contribution is -2.19. The van der Waals surface area contributed by atoms with E-state index in [9.17, 15) is 19.2 Å². The lowest BCUT2D eigenvalue weighted by molar-refractivity contribution is -0.290. The van der Waals surface area contributed by atoms with Crippen LogP contribution >= 0.6 is 0 Å². The van der Waals surface area contributed by atoms with Gasteiger partial charge in [0.1, 0.15) is 0 Å². The monoisotopic (exact) mass is 234 g/mol. The molecule has 0 aliphatic heterocycles. The molecule has 0 atom stereocenters. The van der Waals surface area contributed by atoms with E-state index in [0.717, 1.165) is 13.8 Å². The second-order valence-corrected chi connectivity index (χ2v) is 2.46. The molecule has 0 heterocycles. The molecule has 16 heavy (non-hydrogen) atoms. The van der Waals surface area contributed by atoms with Gasteiger partial charge < -0.3 is 9.47 Å². The first-order valence-corrected chi connectivity index (χ1v) is 4.08. The zero-order valence-corrected chi connectivity index (χ0v) is 8.68. The van der Waals surface area contributed by atoms with Crippen molar-refractivity contribution in [2.24, 2.45) is 0 Å². The molecule has 0 radical (unpaired) electrons. The van der Waals surface area contributed by atoms with Gasteiger partial charge in [-0.05, 0) is 0 Å². The maximum absolute atomic E-state index is 10.7. The zero-order chi connectivity index (χ0) is 12.6. The summed E-state index contributed by atoms with van der Waals surface area (Å²) in [7, 11) is 0. The molecule has 0 aromatic heterocycles. The van der Waals surface area contributed by atoms with Crippen molar-refractivity contribution in [1.29, 1.82) is 0 Å². The van der Waals surface area contributed by atoms with Crippen LogP contribution < -0.4 is 0 Å². The maximum atomic E-state index is 10.7. The summed E-state index contributed by atoms with van der Waals surface area (Å²) in [4.78, 5) is 50.3. The van der Waals surface area contributed by atoms with Gasteiger partial charge in [0.2, 0.25) is 0 Å². The van der Waals surface area contributed by atoms with E-state index in [0.29, 0.717) is 0 Å². The minimum atomic E-state index is -0.965. The summed E-state index contributed by atoms with van der Waals surface area (Å²) in [5, 5.41) is 0. The van der Waals surface area contributed by atoms with E-state index >= 15 is 0 Å². The fraction of sp³-hybridized carbons (Fsp3) is 0.500. The Morgan fingerprint density at radius 3 is 1.31 bits per heavy atom. The molecule has 0 rings (SSSR count). The van der Waals surface area contributed by atoms with Crippen molar-refractivity contribution in [2.75, 3.05) is 13.2 Å². The average molecular weight is 234 g/mol. The van der Waals surface area contributed by atoms with Gasteiger partial charge in [0.05, 0.1) is 0 Å². The van der Waals surface area contributed by atoms with Crippen LogP contribution in [0.1, 0.15) is 13.8 Å². The third-order valence-electron chi connectivity index (χ3n) is 0.952. The van der Waals surface area contributed by atoms with Crippen molar-refractivity contribution in [1.82, 2.24) is 0 Å². The first-order valence-electron chi connectivity index (χ1n) is 4.08. The van der Waals surface area contributed by atoms with Gasteiger partial charge in [-0.25, -0.2) is 19.4 Å². The van der Waals surface area contributed by atoms with Crippen LogP contribution in [0.15, 0.2) is 0 Å². The van der Waals surface area contributed by atoms with E-state index < -0.39 is 37.1 Å². The van der Waals surface area contributed by atoms with Gasteiger partial charge in [-0.1, -0.05) is 0 Å². The first kappa shape index (κ1) is 14.2. The fourth-order valence-electron chi connectivity index (χ4n) is 0.559. The number of carbonyl (C=O) groups excluding carboxylic acids is 4. The Labute approximate surface area is 90.3 Å². The number of carbonyl (C=O) groups is 4. The highest BCUT2D eigenvalue weighted by Gasteiger charge is 2.09. The second kappa shape index (κ2) is 7.49. The second-order valence-electron chi connectivity index (χ2n) is 2.46. The summed E-state index contributed by atoms with van der Waals surface area (Å²) in [6.07, 6.45) is 0. The van der Waals surface area contributed by atoms with Gasteiger partial charge in [-0.15, -0.1) is 0 Å². The minimum Gasteiger partial charge on any atom is -0.392 e. The van der Waals surface area contributed by atoms with Gasteiger partial charge in [0.15, 0.2) is 13.2 Å². The van der Waals surface area contributed by atoms with Crippen molar-refractivity contribution in [3.8, 4) is 0 Å². The Bertz CT molecular complexity index is 264. The summed E-state index contributed by atoms with van der Waals surface area (Å²) in [6, 6.07) is 0. The molecule has 0 saturated carbocycles. The maximum Gasteiger partial charge on any atom is 0.343 e. The molecule has 0 aliphatic rings. The Kier molecular flexibility index (Phi) is 6.64. The molecule has 0 aromatic carbocycles. The highest BCUT2D eigenvalue weighted by molar-refractivity contribution is 5.85. The van der Waals surface area contributed by atoms with Crippen molar-refractivity contribution in [3.63, 3.8) is 0 Å². The molecule has 0 spiro atoms. The van der Waals surface area contributed by atoms with Crippen LogP contribution in [0, 0.1) is 0 Å². The van der Waals surface area contributed by atoms with E-state index in [-0.39, 0.29) is 0 Å². The molecule has 0 aromatic rings. The smallest absolute Gasteiger partial charge is 0.343 e. The lowest BCUT2D eigenvalue weighted by Gasteiger charge is -2.02. The molecule has 0 saturated heterocycles. The van der Waals surface area contributed by atoms with Crippen LogP contribution in [0.3, 0.4) is 0 Å². The number of rotatable bonds is 5. The summed E-state index contributed by atoms with van der Waals surface area (Å²) < 4.78 is 8.14. The zero-order valence-electron chi connectivity index (χ0n) is 8.68. The van der Waals surface area contributed by atoms with Gasteiger partial charge in [-0.3, -0.25) is 9.59 Å². The topological polar surface area (TPSA) is 105 Å². The van der Waals surface area contributed by atoms with Crippen LogP contribution in [-0.4, -0.2) is 37.1 Å². The first-order chi connectivity index (χ1) is 7.41. The molecule has 0 unspecified atom stereocenters. The van der Waals surface area contributed by atoms with Gasteiger partial charge in [-0.2, -0.15) is 0 Å². The van der Waals surface area contributed by atoms with Crippen LogP contribution in [0.5, 0.6) is 0 Å². The molecule has 0 aliphatic carbocycles. The molecule has 0 N–H and O–H groups in total. The molecule has 0 amide bonds. The number of ether oxygens (including phenoxy) is 2. The van der Waals surface area contributed by atoms with Crippen LogP contribution in [0.25, 0.3) is 0 Å². The van der Waals surface area contributed by atoms with E-state index in [1.165, 1.54) is 0 Å². The van der Waals surface area contributed by atoms with Gasteiger partial charge in [0.25, 0.3) is 0 Å². The lowest BCUT2D eigenvalue weighted by atomic mass is 10.7. The normalized spacial score (nSPS) is 9.38. The fourth-order valence-corrected chi connectivity index (χ4v) is 0.559. The van der Waals surface area contributed by atoms with E-state index in [2.05, 4.69) is 19.2 Å². The number of hydrogen-bond donors (Lipinski definition) is 0. The Balaban J connectivity index is 3.53. The van der Waals surface area contributed by atoms with Crippen LogP contribution in [0.4, 0.5) is 0 Å². The summed E-state index contributed by atoms with van der Waals surface area (Å²) in [5.74, 6) is -3.51. The predicted octanol–water partition coefficient (Wildman–Crippen LogP) is -0.886. The molecule has 90 valence electrons. The van der Waals surface area contributed by atoms with Crippen molar-refractivity contribution in [3.05, 3.63) is 0 Å². The number of hydrogen-bond acceptors (Lipinski definition) is 8. The third-order valence-corrected chi connectivity index (χ3v) is 0.952. The van der Waals surface area contributed by atoms with Gasteiger partial charge in [0, 0.05) is 13.8 Å². The quantitative estimate of drug-likeness (QED) is 0.198. The molecule has 0 bridgehead atoms. The Morgan fingerprint density at radius 1 is 0.750 bits per heavy atom. The highest BCUT2D eigenvalue weighted by Crippen LogP contribution is 1.87. The summed E-state index contributed by atoms with van der Waals surface area (Å²) in [6.45, 7) is 0.770. The number of esters is 4. The minimum absolute atomic E-state index is 0.660. The van der Waals surface area contributed by atoms with Crippen LogP contribution in [0.2, 0.25) is 0 Å². The van der Waals surface area contributed by atoms with E-state index in [1.807, 2.05) is 0 Å². The summed E-state index contributed by atoms with van der Waals surface area (Å²) >= 11 is 0. The predicted molar refractivity (Wildman–Crippen MR) is 45.5 cm³/mol. The molecule has 8 heteroatoms. The molecule has 0 fully saturated rings. The highest BCUT2D eigenvalue weighted by atomic mass is 17.2. The van der Waals surface area contributed by atoms with Gasteiger partial charge >= 0.3 is 23.9 Å². The third kappa shape index (κ3) is 8.78. The van der Waals surface area contributed by atoms with Crippen molar-refractivity contribution < 1.29 is 38.4 Å². The van der Waals surface area contributed by atoms with E-state index in [1.54, 1.807) is 0 Å². The van der Waals surface area contributed by atoms with Crippen molar-refractivity contribution >= 4 is 23.9 Å². The molecular formula is C8H10O8. The standard InChI is InChI=1S/C8H10O8/c1-5(9)15-7(11)3-13-14-4-8(12)16-6(2)10/h3-4H2,1-2H3. The largest absolute Gasteiger partial charge is 0.392 e. The molecule has 8 nitrogen and oxygen atoms in total. The SMILES string of the molecule is CC(=O)OC(=O)COOCC(=O)OC(C)=O. The average Bonchev–Trinajstić information content (AvgIpc) is 2.10. The van der Waals surface area contributed by atoms with Crippen molar-refractivity contribution in [2.45, 2.75) is 13.8 Å². The van der Waals surface area contributed by atoms with E-state index in [4.69, 9.17) is 0 Å². The Hall–Kier alpha value is -1.80. The summed E-state index contributed by atoms with van der Waals surface area (Å²) in [5.41, 5.74) is 0. The molecular weight excluding hydrogens is 224 g/mol.